The van der Waals surface area contributed by atoms with Gasteiger partial charge in [-0.05, 0) is 44.4 Å². The summed E-state index contributed by atoms with van der Waals surface area (Å²) in [6.45, 7) is 4.90. The number of carbonyl (C=O) groups excluding carboxylic acids is 2. The summed E-state index contributed by atoms with van der Waals surface area (Å²) in [7, 11) is 0. The predicted molar refractivity (Wildman–Crippen MR) is 112 cm³/mol. The molecule has 2 aromatic rings. The van der Waals surface area contributed by atoms with Crippen molar-refractivity contribution in [1.29, 1.82) is 0 Å². The summed E-state index contributed by atoms with van der Waals surface area (Å²) in [6, 6.07) is 0.0103. The third-order valence-electron chi connectivity index (χ3n) is 6.65. The minimum Gasteiger partial charge on any atom is -0.356 e. The van der Waals surface area contributed by atoms with E-state index in [0.717, 1.165) is 38.5 Å². The van der Waals surface area contributed by atoms with E-state index in [1.165, 1.54) is 6.33 Å². The van der Waals surface area contributed by atoms with E-state index in [2.05, 4.69) is 49.8 Å². The largest absolute Gasteiger partial charge is 0.356 e. The number of aryl methyl sites for hydroxylation is 1. The molecule has 10 heteroatoms. The number of hydrogen-bond donors (Lipinski definition) is 2. The van der Waals surface area contributed by atoms with Crippen molar-refractivity contribution in [3.8, 4) is 0 Å². The minimum atomic E-state index is -0.537. The number of rotatable bonds is 9. The molecule has 0 aromatic carbocycles. The molecule has 2 fully saturated rings. The summed E-state index contributed by atoms with van der Waals surface area (Å²) < 4.78 is 0. The Morgan fingerprint density at radius 3 is 2.81 bits per heavy atom. The van der Waals surface area contributed by atoms with Crippen molar-refractivity contribution in [2.45, 2.75) is 70.9 Å². The molecule has 3 atom stereocenters. The average molecular weight is 427 g/mol. The number of nitrogens with one attached hydrogen (secondary N) is 2. The molecular formula is C21H30N8O2. The molecule has 4 heterocycles. The summed E-state index contributed by atoms with van der Waals surface area (Å²) in [5.41, 5.74) is -0.0514. The van der Waals surface area contributed by atoms with Gasteiger partial charge in [0, 0.05) is 37.4 Å². The maximum atomic E-state index is 13.5. The maximum Gasteiger partial charge on any atom is 0.257 e. The number of carbonyl (C=O) groups is 2. The minimum absolute atomic E-state index is 0.0653. The van der Waals surface area contributed by atoms with Crippen LogP contribution in [0.15, 0.2) is 18.7 Å². The van der Waals surface area contributed by atoms with E-state index in [1.54, 1.807) is 12.4 Å². The molecule has 2 amide bonds. The van der Waals surface area contributed by atoms with E-state index in [4.69, 9.17) is 0 Å². The van der Waals surface area contributed by atoms with Crippen molar-refractivity contribution in [3.05, 3.63) is 30.1 Å². The van der Waals surface area contributed by atoms with Gasteiger partial charge in [-0.3, -0.25) is 9.59 Å². The Hall–Kier alpha value is -2.91. The second kappa shape index (κ2) is 9.07. The first-order valence-electron chi connectivity index (χ1n) is 11.1. The molecule has 2 aliphatic heterocycles. The molecule has 2 aromatic heterocycles. The Morgan fingerprint density at radius 2 is 2.10 bits per heavy atom. The lowest BCUT2D eigenvalue weighted by Crippen LogP contribution is -2.50. The molecule has 0 radical (unpaired) electrons. The van der Waals surface area contributed by atoms with Crippen LogP contribution in [0.2, 0.25) is 0 Å². The molecule has 2 aliphatic rings. The van der Waals surface area contributed by atoms with E-state index in [1.807, 2.05) is 4.90 Å². The van der Waals surface area contributed by atoms with Crippen LogP contribution in [-0.4, -0.2) is 65.9 Å². The highest BCUT2D eigenvalue weighted by atomic mass is 16.2. The molecule has 166 valence electrons. The van der Waals surface area contributed by atoms with Crippen LogP contribution in [0, 0.1) is 11.3 Å². The van der Waals surface area contributed by atoms with Gasteiger partial charge in [-0.2, -0.15) is 5.21 Å². The molecule has 4 rings (SSSR count). The average Bonchev–Trinajstić information content (AvgIpc) is 3.51. The molecule has 0 saturated carbocycles. The molecular weight excluding hydrogens is 396 g/mol. The van der Waals surface area contributed by atoms with E-state index in [0.29, 0.717) is 30.3 Å². The number of fused-ring (bicyclic) bond motifs is 2. The Balaban J connectivity index is 1.47. The zero-order valence-corrected chi connectivity index (χ0v) is 18.1. The zero-order valence-electron chi connectivity index (χ0n) is 18.1. The zero-order chi connectivity index (χ0) is 21.8. The fourth-order valence-electron chi connectivity index (χ4n) is 5.13. The van der Waals surface area contributed by atoms with Gasteiger partial charge in [0.1, 0.15) is 6.33 Å². The summed E-state index contributed by atoms with van der Waals surface area (Å²) >= 11 is 0. The van der Waals surface area contributed by atoms with Gasteiger partial charge >= 0.3 is 0 Å². The molecule has 0 aliphatic carbocycles. The number of hydrogen-bond acceptors (Lipinski definition) is 7. The van der Waals surface area contributed by atoms with Crippen molar-refractivity contribution >= 4 is 11.8 Å². The lowest BCUT2D eigenvalue weighted by atomic mass is 9.69. The molecule has 10 nitrogen and oxygen atoms in total. The molecule has 2 saturated heterocycles. The first-order valence-corrected chi connectivity index (χ1v) is 11.1. The van der Waals surface area contributed by atoms with Gasteiger partial charge in [-0.25, -0.2) is 9.97 Å². The van der Waals surface area contributed by atoms with Gasteiger partial charge in [-0.15, -0.1) is 10.2 Å². The summed E-state index contributed by atoms with van der Waals surface area (Å²) in [5, 5.41) is 17.0. The Labute approximate surface area is 181 Å². The highest BCUT2D eigenvalue weighted by Gasteiger charge is 2.60. The molecule has 31 heavy (non-hydrogen) atoms. The van der Waals surface area contributed by atoms with Crippen molar-refractivity contribution in [3.63, 3.8) is 0 Å². The van der Waals surface area contributed by atoms with Gasteiger partial charge in [0.25, 0.3) is 5.91 Å². The second-order valence-corrected chi connectivity index (χ2v) is 9.07. The van der Waals surface area contributed by atoms with Crippen LogP contribution in [0.4, 0.5) is 0 Å². The Bertz CT molecular complexity index is 888. The van der Waals surface area contributed by atoms with Gasteiger partial charge in [0.15, 0.2) is 5.82 Å². The van der Waals surface area contributed by atoms with E-state index >= 15 is 0 Å². The standard InChI is InChI=1S/C21H30N8O2/c1-14(2)7-8-21(20(31)24-9-3-4-18-25-27-28-26-18)10-16-5-6-17(21)29(16)19(30)15-11-22-13-23-12-15/h11-14,16-17H,3-10H2,1-2H3,(H,24,31)(H,25,26,27,28)/t16-,17+,21+/m1/s1. The Kier molecular flexibility index (Phi) is 6.24. The van der Waals surface area contributed by atoms with Crippen molar-refractivity contribution in [2.75, 3.05) is 6.54 Å². The quantitative estimate of drug-likeness (QED) is 0.582. The normalized spacial score (nSPS) is 24.7. The van der Waals surface area contributed by atoms with Gasteiger partial charge < -0.3 is 10.2 Å². The number of tetrazole rings is 1. The summed E-state index contributed by atoms with van der Waals surface area (Å²) in [4.78, 5) is 36.7. The lowest BCUT2D eigenvalue weighted by Gasteiger charge is -2.36. The van der Waals surface area contributed by atoms with Crippen molar-refractivity contribution < 1.29 is 9.59 Å². The molecule has 0 spiro atoms. The lowest BCUT2D eigenvalue weighted by molar-refractivity contribution is -0.133. The number of aromatic nitrogens is 6. The number of amides is 2. The summed E-state index contributed by atoms with van der Waals surface area (Å²) in [6.07, 6.45) is 10.2. The van der Waals surface area contributed by atoms with Crippen LogP contribution in [0.5, 0.6) is 0 Å². The fourth-order valence-corrected chi connectivity index (χ4v) is 5.13. The molecule has 2 N–H and O–H groups in total. The Morgan fingerprint density at radius 1 is 1.29 bits per heavy atom. The topological polar surface area (TPSA) is 130 Å². The molecule has 0 unspecified atom stereocenters. The number of nitrogens with zero attached hydrogens (tertiary/aromatic N) is 6. The monoisotopic (exact) mass is 426 g/mol. The van der Waals surface area contributed by atoms with Crippen LogP contribution in [0.25, 0.3) is 0 Å². The van der Waals surface area contributed by atoms with E-state index in [9.17, 15) is 9.59 Å². The van der Waals surface area contributed by atoms with Gasteiger partial charge in [0.2, 0.25) is 5.91 Å². The maximum absolute atomic E-state index is 13.5. The van der Waals surface area contributed by atoms with Crippen LogP contribution in [-0.2, 0) is 11.2 Å². The highest BCUT2D eigenvalue weighted by molar-refractivity contribution is 5.96. The van der Waals surface area contributed by atoms with Crippen LogP contribution < -0.4 is 5.32 Å². The fraction of sp³-hybridized carbons (Fsp3) is 0.667. The third-order valence-corrected chi connectivity index (χ3v) is 6.65. The summed E-state index contributed by atoms with van der Waals surface area (Å²) in [5.74, 6) is 1.14. The SMILES string of the molecule is CC(C)CC[C@]1(C(=O)NCCCc2nn[nH]n2)C[C@H]2CC[C@@H]1N2C(=O)c1cncnc1. The van der Waals surface area contributed by atoms with Crippen molar-refractivity contribution in [2.24, 2.45) is 11.3 Å². The van der Waals surface area contributed by atoms with Crippen LogP contribution in [0.1, 0.15) is 68.6 Å². The number of H-pyrrole nitrogens is 1. The highest BCUT2D eigenvalue weighted by Crippen LogP contribution is 2.53. The van der Waals surface area contributed by atoms with Crippen LogP contribution >= 0.6 is 0 Å². The van der Waals surface area contributed by atoms with Crippen molar-refractivity contribution in [1.82, 2.24) is 40.8 Å². The van der Waals surface area contributed by atoms with Gasteiger partial charge in [-0.1, -0.05) is 19.1 Å². The predicted octanol–water partition coefficient (Wildman–Crippen LogP) is 1.54. The number of aromatic amines is 1. The molecule has 2 bridgehead atoms. The second-order valence-electron chi connectivity index (χ2n) is 9.07. The van der Waals surface area contributed by atoms with E-state index in [-0.39, 0.29) is 23.9 Å². The third kappa shape index (κ3) is 4.28. The van der Waals surface area contributed by atoms with Gasteiger partial charge in [0.05, 0.1) is 11.0 Å². The van der Waals surface area contributed by atoms with E-state index < -0.39 is 5.41 Å². The first-order chi connectivity index (χ1) is 15.0. The smallest absolute Gasteiger partial charge is 0.257 e. The first kappa shape index (κ1) is 21.3. The van der Waals surface area contributed by atoms with Crippen LogP contribution in [0.3, 0.4) is 0 Å².